The summed E-state index contributed by atoms with van der Waals surface area (Å²) in [6.45, 7) is 10.7. The van der Waals surface area contributed by atoms with E-state index in [1.54, 1.807) is 0 Å². The highest BCUT2D eigenvalue weighted by atomic mass is 16.1. The summed E-state index contributed by atoms with van der Waals surface area (Å²) in [5.74, 6) is 0. The van der Waals surface area contributed by atoms with Crippen molar-refractivity contribution in [1.82, 2.24) is 0 Å². The van der Waals surface area contributed by atoms with Crippen LogP contribution in [0, 0.1) is 27.7 Å². The molecule has 98 valence electrons. The van der Waals surface area contributed by atoms with Gasteiger partial charge < -0.3 is 4.90 Å². The van der Waals surface area contributed by atoms with Crippen LogP contribution in [0.2, 0.25) is 0 Å². The minimum absolute atomic E-state index is 0.888. The molecule has 2 heteroatoms. The second-order valence-electron chi connectivity index (χ2n) is 5.43. The van der Waals surface area contributed by atoms with Crippen LogP contribution in [0.1, 0.15) is 51.9 Å². The molecule has 0 saturated carbocycles. The third kappa shape index (κ3) is 2.05. The molecule has 0 radical (unpaired) electrons. The van der Waals surface area contributed by atoms with E-state index in [0.29, 0.717) is 0 Å². The van der Waals surface area contributed by atoms with Crippen molar-refractivity contribution in [3.05, 3.63) is 27.8 Å². The summed E-state index contributed by atoms with van der Waals surface area (Å²) in [5, 5.41) is 0. The number of aldehydes is 1. The molecule has 1 fully saturated rings. The predicted molar refractivity (Wildman–Crippen MR) is 76.8 cm³/mol. The molecule has 0 aliphatic carbocycles. The number of benzene rings is 1. The Balaban J connectivity index is 2.58. The zero-order valence-corrected chi connectivity index (χ0v) is 12.0. The van der Waals surface area contributed by atoms with Gasteiger partial charge in [-0.1, -0.05) is 0 Å². The maximum absolute atomic E-state index is 11.3. The molecule has 0 spiro atoms. The second-order valence-corrected chi connectivity index (χ2v) is 5.43. The molecule has 1 aliphatic heterocycles. The smallest absolute Gasteiger partial charge is 0.150 e. The zero-order valence-electron chi connectivity index (χ0n) is 12.0. The van der Waals surface area contributed by atoms with Crippen molar-refractivity contribution in [1.29, 1.82) is 0 Å². The molecule has 0 atom stereocenters. The van der Waals surface area contributed by atoms with Gasteiger partial charge in [-0.25, -0.2) is 0 Å². The van der Waals surface area contributed by atoms with Crippen molar-refractivity contribution in [3.8, 4) is 0 Å². The quantitative estimate of drug-likeness (QED) is 0.740. The topological polar surface area (TPSA) is 20.3 Å². The van der Waals surface area contributed by atoms with Gasteiger partial charge in [-0.2, -0.15) is 0 Å². The van der Waals surface area contributed by atoms with Crippen molar-refractivity contribution in [2.45, 2.75) is 47.0 Å². The summed E-state index contributed by atoms with van der Waals surface area (Å²) < 4.78 is 0. The lowest BCUT2D eigenvalue weighted by Crippen LogP contribution is -2.31. The fraction of sp³-hybridized carbons (Fsp3) is 0.562. The second kappa shape index (κ2) is 5.13. The van der Waals surface area contributed by atoms with E-state index in [1.165, 1.54) is 36.1 Å². The van der Waals surface area contributed by atoms with E-state index in [9.17, 15) is 4.79 Å². The van der Waals surface area contributed by atoms with E-state index < -0.39 is 0 Å². The Kier molecular flexibility index (Phi) is 3.74. The molecular weight excluding hydrogens is 222 g/mol. The van der Waals surface area contributed by atoms with Crippen LogP contribution in [0.25, 0.3) is 0 Å². The van der Waals surface area contributed by atoms with Gasteiger partial charge in [0.05, 0.1) is 0 Å². The number of nitrogens with zero attached hydrogens (tertiary/aromatic N) is 1. The van der Waals surface area contributed by atoms with Crippen LogP contribution in [0.5, 0.6) is 0 Å². The molecule has 0 amide bonds. The van der Waals surface area contributed by atoms with Crippen molar-refractivity contribution < 1.29 is 4.79 Å². The Morgan fingerprint density at radius 3 is 2.00 bits per heavy atom. The zero-order chi connectivity index (χ0) is 13.3. The Morgan fingerprint density at radius 1 is 0.833 bits per heavy atom. The molecule has 0 bridgehead atoms. The molecule has 0 aromatic heterocycles. The number of carbonyl (C=O) groups excluding carboxylic acids is 1. The summed E-state index contributed by atoms with van der Waals surface area (Å²) in [6.07, 6.45) is 4.88. The van der Waals surface area contributed by atoms with E-state index in [0.717, 1.165) is 36.1 Å². The van der Waals surface area contributed by atoms with Crippen LogP contribution < -0.4 is 4.90 Å². The highest BCUT2D eigenvalue weighted by Gasteiger charge is 2.20. The number of hydrogen-bond donors (Lipinski definition) is 0. The lowest BCUT2D eigenvalue weighted by Gasteiger charge is -2.33. The van der Waals surface area contributed by atoms with Gasteiger partial charge in [-0.05, 0) is 69.2 Å². The molecular formula is C16H23NO. The van der Waals surface area contributed by atoms with Gasteiger partial charge in [0, 0.05) is 24.3 Å². The fourth-order valence-corrected chi connectivity index (χ4v) is 3.12. The number of hydrogen-bond acceptors (Lipinski definition) is 2. The maximum Gasteiger partial charge on any atom is 0.150 e. The highest BCUT2D eigenvalue weighted by molar-refractivity contribution is 5.85. The van der Waals surface area contributed by atoms with E-state index >= 15 is 0 Å². The first-order valence-corrected chi connectivity index (χ1v) is 6.88. The average molecular weight is 245 g/mol. The summed E-state index contributed by atoms with van der Waals surface area (Å²) in [6, 6.07) is 0. The van der Waals surface area contributed by atoms with Crippen LogP contribution in [-0.2, 0) is 0 Å². The number of anilines is 1. The first-order valence-electron chi connectivity index (χ1n) is 6.88. The Hall–Kier alpha value is -1.31. The Labute approximate surface area is 110 Å². The van der Waals surface area contributed by atoms with Gasteiger partial charge in [0.15, 0.2) is 6.29 Å². The lowest BCUT2D eigenvalue weighted by atomic mass is 9.91. The molecule has 1 aromatic carbocycles. The van der Waals surface area contributed by atoms with Gasteiger partial charge in [-0.15, -0.1) is 0 Å². The molecule has 18 heavy (non-hydrogen) atoms. The van der Waals surface area contributed by atoms with Crippen molar-refractivity contribution >= 4 is 12.0 Å². The monoisotopic (exact) mass is 245 g/mol. The number of rotatable bonds is 2. The van der Waals surface area contributed by atoms with Crippen molar-refractivity contribution in [2.24, 2.45) is 0 Å². The fourth-order valence-electron chi connectivity index (χ4n) is 3.12. The average Bonchev–Trinajstić information content (AvgIpc) is 2.38. The number of piperidine rings is 1. The third-order valence-electron chi connectivity index (χ3n) is 4.43. The lowest BCUT2D eigenvalue weighted by molar-refractivity contribution is 0.112. The van der Waals surface area contributed by atoms with Crippen LogP contribution in [0.3, 0.4) is 0 Å². The molecule has 0 N–H and O–H groups in total. The minimum atomic E-state index is 0.888. The highest BCUT2D eigenvalue weighted by Crippen LogP contribution is 2.34. The molecule has 1 aromatic rings. The van der Waals surface area contributed by atoms with Crippen LogP contribution in [0.15, 0.2) is 0 Å². The van der Waals surface area contributed by atoms with Crippen LogP contribution in [-0.4, -0.2) is 19.4 Å². The van der Waals surface area contributed by atoms with E-state index in [1.807, 2.05) is 0 Å². The van der Waals surface area contributed by atoms with Crippen molar-refractivity contribution in [3.63, 3.8) is 0 Å². The standard InChI is InChI=1S/C16H23NO/c1-11-12(2)15(10-18)14(4)16(13(11)3)17-8-6-5-7-9-17/h10H,5-9H2,1-4H3. The van der Waals surface area contributed by atoms with Gasteiger partial charge in [0.2, 0.25) is 0 Å². The first kappa shape index (κ1) is 13.1. The molecule has 1 saturated heterocycles. The van der Waals surface area contributed by atoms with Crippen LogP contribution >= 0.6 is 0 Å². The Bertz CT molecular complexity index is 471. The molecule has 2 nitrogen and oxygen atoms in total. The third-order valence-corrected chi connectivity index (χ3v) is 4.43. The summed E-state index contributed by atoms with van der Waals surface area (Å²) >= 11 is 0. The molecule has 0 unspecified atom stereocenters. The molecule has 1 aliphatic rings. The minimum Gasteiger partial charge on any atom is -0.371 e. The predicted octanol–water partition coefficient (Wildman–Crippen LogP) is 3.72. The summed E-state index contributed by atoms with van der Waals surface area (Å²) in [4.78, 5) is 13.8. The molecule has 2 rings (SSSR count). The normalized spacial score (nSPS) is 15.9. The SMILES string of the molecule is Cc1c(C)c(C=O)c(C)c(N2CCCCC2)c1C. The summed E-state index contributed by atoms with van der Waals surface area (Å²) in [5.41, 5.74) is 7.10. The maximum atomic E-state index is 11.3. The Morgan fingerprint density at radius 2 is 1.44 bits per heavy atom. The van der Waals surface area contributed by atoms with Crippen LogP contribution in [0.4, 0.5) is 5.69 Å². The van der Waals surface area contributed by atoms with Crippen molar-refractivity contribution in [2.75, 3.05) is 18.0 Å². The van der Waals surface area contributed by atoms with Gasteiger partial charge >= 0.3 is 0 Å². The van der Waals surface area contributed by atoms with E-state index in [4.69, 9.17) is 0 Å². The summed E-state index contributed by atoms with van der Waals surface area (Å²) in [7, 11) is 0. The number of carbonyl (C=O) groups is 1. The largest absolute Gasteiger partial charge is 0.371 e. The van der Waals surface area contributed by atoms with Gasteiger partial charge in [-0.3, -0.25) is 4.79 Å². The van der Waals surface area contributed by atoms with E-state index in [2.05, 4.69) is 32.6 Å². The van der Waals surface area contributed by atoms with Gasteiger partial charge in [0.25, 0.3) is 0 Å². The first-order chi connectivity index (χ1) is 8.57. The molecule has 1 heterocycles. The van der Waals surface area contributed by atoms with Gasteiger partial charge in [0.1, 0.15) is 0 Å². The van der Waals surface area contributed by atoms with E-state index in [-0.39, 0.29) is 0 Å².